The lowest BCUT2D eigenvalue weighted by atomic mass is 10.0. The number of piperidine rings is 1. The number of nitrogens with zero attached hydrogens (tertiary/aromatic N) is 5. The van der Waals surface area contributed by atoms with Gasteiger partial charge in [-0.2, -0.15) is 9.50 Å². The number of methoxy groups -OCH3 is 3. The van der Waals surface area contributed by atoms with Crippen molar-refractivity contribution < 1.29 is 19.0 Å². The molecule has 12 heteroatoms. The van der Waals surface area contributed by atoms with Gasteiger partial charge in [0.2, 0.25) is 10.9 Å². The molecule has 0 aliphatic carbocycles. The van der Waals surface area contributed by atoms with Crippen LogP contribution in [0.4, 0.5) is 5.82 Å². The first-order valence-corrected chi connectivity index (χ1v) is 15.9. The minimum Gasteiger partial charge on any atom is -0.493 e. The Balaban J connectivity index is 1.27. The number of thioether (sulfide) groups is 1. The van der Waals surface area contributed by atoms with Gasteiger partial charge in [0.15, 0.2) is 11.5 Å². The van der Waals surface area contributed by atoms with E-state index in [-0.39, 0.29) is 11.9 Å². The summed E-state index contributed by atoms with van der Waals surface area (Å²) in [6.07, 6.45) is 1.73. The van der Waals surface area contributed by atoms with Gasteiger partial charge in [-0.15, -0.1) is 5.10 Å². The maximum Gasteiger partial charge on any atom is 0.255 e. The molecule has 2 aromatic heterocycles. The summed E-state index contributed by atoms with van der Waals surface area (Å²) in [5.74, 6) is 3.17. The number of amides is 1. The Morgan fingerprint density at radius 3 is 2.40 bits per heavy atom. The molecule has 0 bridgehead atoms. The van der Waals surface area contributed by atoms with Crippen molar-refractivity contribution in [2.24, 2.45) is 0 Å². The highest BCUT2D eigenvalue weighted by atomic mass is 35.5. The monoisotopic (exact) mass is 644 g/mol. The van der Waals surface area contributed by atoms with Gasteiger partial charge >= 0.3 is 0 Å². The van der Waals surface area contributed by atoms with Crippen molar-refractivity contribution in [2.45, 2.75) is 29.8 Å². The second-order valence-corrected chi connectivity index (χ2v) is 11.9. The predicted octanol–water partition coefficient (Wildman–Crippen LogP) is 6.16. The molecule has 45 heavy (non-hydrogen) atoms. The molecule has 1 aliphatic rings. The smallest absolute Gasteiger partial charge is 0.255 e. The fourth-order valence-corrected chi connectivity index (χ4v) is 6.29. The SMILES string of the molecule is COc1cc(C(=O)NC2CCCN(c3cc(-c4ccccc4)nc4nc(SCc5ccc(Cl)cc5)nn34)C2)cc(OC)c1OC. The zero-order chi connectivity index (χ0) is 31.3. The molecule has 6 rings (SSSR count). The van der Waals surface area contributed by atoms with Crippen molar-refractivity contribution in [3.05, 3.63) is 88.9 Å². The zero-order valence-electron chi connectivity index (χ0n) is 25.2. The van der Waals surface area contributed by atoms with Crippen LogP contribution in [0.25, 0.3) is 17.0 Å². The molecule has 1 N–H and O–H groups in total. The molecule has 1 aliphatic heterocycles. The van der Waals surface area contributed by atoms with Gasteiger partial charge in [0, 0.05) is 47.1 Å². The van der Waals surface area contributed by atoms with Crippen LogP contribution in [-0.2, 0) is 5.75 Å². The van der Waals surface area contributed by atoms with Crippen molar-refractivity contribution in [3.63, 3.8) is 0 Å². The van der Waals surface area contributed by atoms with E-state index in [4.69, 9.17) is 40.9 Å². The van der Waals surface area contributed by atoms with Crippen LogP contribution in [0.2, 0.25) is 5.02 Å². The highest BCUT2D eigenvalue weighted by Crippen LogP contribution is 2.38. The van der Waals surface area contributed by atoms with Gasteiger partial charge < -0.3 is 24.4 Å². The van der Waals surface area contributed by atoms with Crippen molar-refractivity contribution >= 4 is 40.9 Å². The molecule has 3 aromatic carbocycles. The van der Waals surface area contributed by atoms with Crippen LogP contribution in [0, 0.1) is 0 Å². The standard InChI is InChI=1S/C33H33ClN6O4S/c1-42-27-16-23(17-28(43-2)30(27)44-3)31(41)35-25-10-7-15-39(19-25)29-18-26(22-8-5-4-6-9-22)36-32-37-33(38-40(29)32)45-20-21-11-13-24(34)14-12-21/h4-6,8-9,11-14,16-18,25H,7,10,15,19-20H2,1-3H3,(H,35,41). The van der Waals surface area contributed by atoms with E-state index in [1.54, 1.807) is 28.4 Å². The average molecular weight is 645 g/mol. The van der Waals surface area contributed by atoms with Crippen LogP contribution < -0.4 is 24.4 Å². The van der Waals surface area contributed by atoms with Crippen molar-refractivity contribution in [1.29, 1.82) is 0 Å². The molecule has 0 radical (unpaired) electrons. The number of fused-ring (bicyclic) bond motifs is 1. The molecule has 5 aromatic rings. The van der Waals surface area contributed by atoms with Crippen LogP contribution in [-0.4, -0.2) is 65.9 Å². The number of hydrogen-bond acceptors (Lipinski definition) is 9. The predicted molar refractivity (Wildman–Crippen MR) is 176 cm³/mol. The van der Waals surface area contributed by atoms with Gasteiger partial charge in [-0.3, -0.25) is 4.79 Å². The Morgan fingerprint density at radius 2 is 1.71 bits per heavy atom. The Hall–Kier alpha value is -4.48. The van der Waals surface area contributed by atoms with Gasteiger partial charge in [-0.05, 0) is 42.7 Å². The largest absolute Gasteiger partial charge is 0.493 e. The lowest BCUT2D eigenvalue weighted by molar-refractivity contribution is 0.0932. The van der Waals surface area contributed by atoms with E-state index in [2.05, 4.69) is 10.2 Å². The van der Waals surface area contributed by atoms with Crippen LogP contribution in [0.1, 0.15) is 28.8 Å². The number of nitrogens with one attached hydrogen (secondary N) is 1. The zero-order valence-corrected chi connectivity index (χ0v) is 26.8. The average Bonchev–Trinajstić information content (AvgIpc) is 3.50. The quantitative estimate of drug-likeness (QED) is 0.179. The molecule has 1 saturated heterocycles. The van der Waals surface area contributed by atoms with E-state index in [0.29, 0.717) is 51.1 Å². The number of anilines is 1. The summed E-state index contributed by atoms with van der Waals surface area (Å²) in [5.41, 5.74) is 3.35. The minimum atomic E-state index is -0.215. The van der Waals surface area contributed by atoms with Crippen molar-refractivity contribution in [2.75, 3.05) is 39.3 Å². The second kappa shape index (κ2) is 13.7. The van der Waals surface area contributed by atoms with E-state index < -0.39 is 0 Å². The number of rotatable bonds is 10. The Morgan fingerprint density at radius 1 is 0.978 bits per heavy atom. The van der Waals surface area contributed by atoms with Gasteiger partial charge in [-0.25, -0.2) is 4.98 Å². The third-order valence-electron chi connectivity index (χ3n) is 7.63. The Bertz CT molecular complexity index is 1780. The number of aromatic nitrogens is 4. The summed E-state index contributed by atoms with van der Waals surface area (Å²) in [5, 5.41) is 9.40. The third-order valence-corrected chi connectivity index (χ3v) is 8.79. The van der Waals surface area contributed by atoms with Crippen LogP contribution in [0.3, 0.4) is 0 Å². The van der Waals surface area contributed by atoms with E-state index in [0.717, 1.165) is 42.0 Å². The fourth-order valence-electron chi connectivity index (χ4n) is 5.39. The summed E-state index contributed by atoms with van der Waals surface area (Å²) < 4.78 is 18.1. The number of hydrogen-bond donors (Lipinski definition) is 1. The first-order valence-electron chi connectivity index (χ1n) is 14.5. The molecule has 1 amide bonds. The molecule has 1 fully saturated rings. The van der Waals surface area contributed by atoms with Crippen LogP contribution in [0.15, 0.2) is 78.0 Å². The lowest BCUT2D eigenvalue weighted by Gasteiger charge is -2.34. The summed E-state index contributed by atoms with van der Waals surface area (Å²) >= 11 is 7.60. The van der Waals surface area contributed by atoms with E-state index >= 15 is 0 Å². The van der Waals surface area contributed by atoms with Crippen molar-refractivity contribution in [3.8, 4) is 28.5 Å². The molecule has 0 saturated carbocycles. The highest BCUT2D eigenvalue weighted by Gasteiger charge is 2.26. The number of ether oxygens (including phenoxy) is 3. The summed E-state index contributed by atoms with van der Waals surface area (Å²) in [7, 11) is 4.60. The van der Waals surface area contributed by atoms with Crippen LogP contribution in [0.5, 0.6) is 17.2 Å². The first-order chi connectivity index (χ1) is 21.9. The number of carbonyl (C=O) groups excluding carboxylic acids is 1. The number of carbonyl (C=O) groups is 1. The lowest BCUT2D eigenvalue weighted by Crippen LogP contribution is -2.48. The molecule has 0 spiro atoms. The van der Waals surface area contributed by atoms with E-state index in [9.17, 15) is 4.79 Å². The molecule has 10 nitrogen and oxygen atoms in total. The maximum atomic E-state index is 13.4. The van der Waals surface area contributed by atoms with Gasteiger partial charge in [0.25, 0.3) is 11.7 Å². The Labute approximate surface area is 270 Å². The Kier molecular flexibility index (Phi) is 9.27. The summed E-state index contributed by atoms with van der Waals surface area (Å²) in [6.45, 7) is 1.40. The first kappa shape index (κ1) is 30.5. The maximum absolute atomic E-state index is 13.4. The van der Waals surface area contributed by atoms with Gasteiger partial charge in [-0.1, -0.05) is 65.8 Å². The van der Waals surface area contributed by atoms with Gasteiger partial charge in [0.1, 0.15) is 5.82 Å². The molecular weight excluding hydrogens is 612 g/mol. The third kappa shape index (κ3) is 6.79. The minimum absolute atomic E-state index is 0.101. The summed E-state index contributed by atoms with van der Waals surface area (Å²) in [4.78, 5) is 25.3. The van der Waals surface area contributed by atoms with E-state index in [1.807, 2.05) is 60.7 Å². The molecule has 3 heterocycles. The van der Waals surface area contributed by atoms with Crippen LogP contribution >= 0.6 is 23.4 Å². The normalized spacial score (nSPS) is 14.8. The number of halogens is 1. The summed E-state index contributed by atoms with van der Waals surface area (Å²) in [6, 6.07) is 23.1. The molecule has 1 unspecified atom stereocenters. The number of benzene rings is 3. The topological polar surface area (TPSA) is 103 Å². The van der Waals surface area contributed by atoms with Crippen molar-refractivity contribution in [1.82, 2.24) is 24.9 Å². The second-order valence-electron chi connectivity index (χ2n) is 10.6. The van der Waals surface area contributed by atoms with Gasteiger partial charge in [0.05, 0.1) is 27.0 Å². The fraction of sp³-hybridized carbons (Fsp3) is 0.273. The molecular formula is C33H33ClN6O4S. The highest BCUT2D eigenvalue weighted by molar-refractivity contribution is 7.98. The van der Waals surface area contributed by atoms with E-state index in [1.165, 1.54) is 21.3 Å². The molecule has 1 atom stereocenters. The molecule has 232 valence electrons.